The highest BCUT2D eigenvalue weighted by atomic mass is 16.3. The maximum Gasteiger partial charge on any atom is 0.256 e. The molecule has 1 aliphatic rings. The summed E-state index contributed by atoms with van der Waals surface area (Å²) in [6.07, 6.45) is 3.23. The average molecular weight is 531 g/mol. The van der Waals surface area contributed by atoms with E-state index in [0.717, 1.165) is 53.9 Å². The molecule has 7 nitrogen and oxygen atoms in total. The highest BCUT2D eigenvalue weighted by Crippen LogP contribution is 2.25. The fraction of sp³-hybridized carbons (Fsp3) is 0.152. The number of aliphatic hydroxyl groups excluding tert-OH is 1. The lowest BCUT2D eigenvalue weighted by molar-refractivity contribution is 0.102. The molecule has 0 unspecified atom stereocenters. The number of ketones is 1. The normalized spacial score (nSPS) is 13.8. The first kappa shape index (κ1) is 25.4. The van der Waals surface area contributed by atoms with Crippen LogP contribution < -0.4 is 15.5 Å². The van der Waals surface area contributed by atoms with Gasteiger partial charge in [0.05, 0.1) is 6.10 Å². The Kier molecular flexibility index (Phi) is 7.04. The summed E-state index contributed by atoms with van der Waals surface area (Å²) in [5.41, 5.74) is 6.26. The molecule has 1 aromatic heterocycles. The smallest absolute Gasteiger partial charge is 0.256 e. The molecule has 5 aromatic rings. The summed E-state index contributed by atoms with van der Waals surface area (Å²) in [6.45, 7) is 1.73. The zero-order valence-electron chi connectivity index (χ0n) is 21.9. The minimum atomic E-state index is -0.201. The molecule has 0 atom stereocenters. The van der Waals surface area contributed by atoms with Crippen LogP contribution in [-0.2, 0) is 0 Å². The molecule has 4 N–H and O–H groups in total. The molecule has 2 heterocycles. The predicted octanol–water partition coefficient (Wildman–Crippen LogP) is 6.36. The summed E-state index contributed by atoms with van der Waals surface area (Å²) in [5.74, 6) is -0.286. The Bertz CT molecular complexity index is 1630. The van der Waals surface area contributed by atoms with E-state index in [-0.39, 0.29) is 17.8 Å². The summed E-state index contributed by atoms with van der Waals surface area (Å²) in [6, 6.07) is 30.0. The second-order valence-electron chi connectivity index (χ2n) is 10.1. The zero-order chi connectivity index (χ0) is 27.5. The molecule has 6 rings (SSSR count). The third kappa shape index (κ3) is 5.46. The van der Waals surface area contributed by atoms with Crippen LogP contribution in [0.1, 0.15) is 39.1 Å². The van der Waals surface area contributed by atoms with Crippen molar-refractivity contribution in [3.63, 3.8) is 0 Å². The minimum Gasteiger partial charge on any atom is -0.393 e. The highest BCUT2D eigenvalue weighted by Gasteiger charge is 2.17. The van der Waals surface area contributed by atoms with Gasteiger partial charge in [0.1, 0.15) is 0 Å². The lowest BCUT2D eigenvalue weighted by Gasteiger charge is -2.31. The van der Waals surface area contributed by atoms with Gasteiger partial charge in [-0.15, -0.1) is 0 Å². The van der Waals surface area contributed by atoms with E-state index in [1.165, 1.54) is 0 Å². The van der Waals surface area contributed by atoms with Gasteiger partial charge in [-0.2, -0.15) is 0 Å². The highest BCUT2D eigenvalue weighted by molar-refractivity contribution is 6.13. The number of hydrogen-bond acceptors (Lipinski definition) is 5. The first-order valence-corrected chi connectivity index (χ1v) is 13.5. The molecule has 1 amide bonds. The van der Waals surface area contributed by atoms with E-state index in [1.807, 2.05) is 60.8 Å². The molecule has 7 heteroatoms. The van der Waals surface area contributed by atoms with Gasteiger partial charge in [0.2, 0.25) is 0 Å². The van der Waals surface area contributed by atoms with Crippen molar-refractivity contribution in [2.75, 3.05) is 28.6 Å². The van der Waals surface area contributed by atoms with Crippen molar-refractivity contribution in [1.82, 2.24) is 4.98 Å². The minimum absolute atomic E-state index is 0.0856. The Morgan fingerprint density at radius 1 is 0.750 bits per heavy atom. The quantitative estimate of drug-likeness (QED) is 0.184. The number of carbonyl (C=O) groups is 2. The van der Waals surface area contributed by atoms with Crippen LogP contribution in [0.3, 0.4) is 0 Å². The van der Waals surface area contributed by atoms with Gasteiger partial charge in [-0.05, 0) is 104 Å². The number of piperidine rings is 1. The lowest BCUT2D eigenvalue weighted by atomic mass is 10.0. The van der Waals surface area contributed by atoms with E-state index in [4.69, 9.17) is 0 Å². The maximum atomic E-state index is 13.1. The van der Waals surface area contributed by atoms with Crippen LogP contribution >= 0.6 is 0 Å². The van der Waals surface area contributed by atoms with E-state index in [9.17, 15) is 14.7 Å². The molecule has 0 spiro atoms. The largest absolute Gasteiger partial charge is 0.393 e. The molecule has 0 radical (unpaired) electrons. The monoisotopic (exact) mass is 530 g/mol. The SMILES string of the molecule is O=C(c1ccc(NC(=O)c2cccc3[nH]ccc23)cc1)c1ccc(Nc2ccc(N3CCC(O)CC3)cc2)cc1. The molecule has 1 saturated heterocycles. The number of nitrogens with zero attached hydrogens (tertiary/aromatic N) is 1. The fourth-order valence-electron chi connectivity index (χ4n) is 5.10. The number of amides is 1. The number of nitrogens with one attached hydrogen (secondary N) is 3. The third-order valence-electron chi connectivity index (χ3n) is 7.38. The van der Waals surface area contributed by atoms with Crippen molar-refractivity contribution in [3.05, 3.63) is 120 Å². The van der Waals surface area contributed by atoms with Gasteiger partial charge in [-0.1, -0.05) is 6.07 Å². The first-order chi connectivity index (χ1) is 19.5. The number of fused-ring (bicyclic) bond motifs is 1. The van der Waals surface area contributed by atoms with Crippen LogP contribution in [-0.4, -0.2) is 41.0 Å². The number of H-pyrrole nitrogens is 1. The molecule has 1 fully saturated rings. The topological polar surface area (TPSA) is 97.5 Å². The Labute approximate surface area is 232 Å². The first-order valence-electron chi connectivity index (χ1n) is 13.5. The number of anilines is 4. The van der Waals surface area contributed by atoms with Crippen molar-refractivity contribution >= 4 is 45.3 Å². The van der Waals surface area contributed by atoms with Gasteiger partial charge in [-0.25, -0.2) is 0 Å². The van der Waals surface area contributed by atoms with Crippen LogP contribution in [0.2, 0.25) is 0 Å². The van der Waals surface area contributed by atoms with Gasteiger partial charge >= 0.3 is 0 Å². The van der Waals surface area contributed by atoms with Crippen LogP contribution in [0.15, 0.2) is 103 Å². The molecule has 200 valence electrons. The molecule has 40 heavy (non-hydrogen) atoms. The third-order valence-corrected chi connectivity index (χ3v) is 7.38. The number of aromatic amines is 1. The van der Waals surface area contributed by atoms with Crippen molar-refractivity contribution in [2.45, 2.75) is 18.9 Å². The number of benzene rings is 4. The van der Waals surface area contributed by atoms with E-state index >= 15 is 0 Å². The molecular weight excluding hydrogens is 500 g/mol. The van der Waals surface area contributed by atoms with Crippen LogP contribution in [0.5, 0.6) is 0 Å². The van der Waals surface area contributed by atoms with Gasteiger partial charge < -0.3 is 25.6 Å². The molecule has 4 aromatic carbocycles. The molecule has 0 bridgehead atoms. The van der Waals surface area contributed by atoms with Crippen molar-refractivity contribution in [2.24, 2.45) is 0 Å². The van der Waals surface area contributed by atoms with E-state index in [1.54, 1.807) is 30.3 Å². The summed E-state index contributed by atoms with van der Waals surface area (Å²) in [5, 5.41) is 16.9. The second-order valence-corrected chi connectivity index (χ2v) is 10.1. The Morgan fingerprint density at radius 3 is 2.00 bits per heavy atom. The summed E-state index contributed by atoms with van der Waals surface area (Å²) in [4.78, 5) is 31.3. The van der Waals surface area contributed by atoms with Gasteiger partial charge in [0.15, 0.2) is 5.78 Å². The van der Waals surface area contributed by atoms with Crippen molar-refractivity contribution in [1.29, 1.82) is 0 Å². The van der Waals surface area contributed by atoms with E-state index < -0.39 is 0 Å². The summed E-state index contributed by atoms with van der Waals surface area (Å²) in [7, 11) is 0. The van der Waals surface area contributed by atoms with Crippen LogP contribution in [0.4, 0.5) is 22.7 Å². The van der Waals surface area contributed by atoms with Crippen molar-refractivity contribution in [3.8, 4) is 0 Å². The number of aromatic nitrogens is 1. The maximum absolute atomic E-state index is 13.1. The van der Waals surface area contributed by atoms with Gasteiger partial charge in [-0.3, -0.25) is 9.59 Å². The Hall–Kier alpha value is -4.88. The molecule has 0 saturated carbocycles. The molecule has 1 aliphatic heterocycles. The Morgan fingerprint density at radius 2 is 1.35 bits per heavy atom. The predicted molar refractivity (Wildman–Crippen MR) is 160 cm³/mol. The number of hydrogen-bond donors (Lipinski definition) is 4. The molecular formula is C33H30N4O3. The van der Waals surface area contributed by atoms with Gasteiger partial charge in [0.25, 0.3) is 5.91 Å². The lowest BCUT2D eigenvalue weighted by Crippen LogP contribution is -2.35. The van der Waals surface area contributed by atoms with Crippen LogP contribution in [0.25, 0.3) is 10.9 Å². The van der Waals surface area contributed by atoms with Crippen LogP contribution in [0, 0.1) is 0 Å². The number of rotatable bonds is 7. The zero-order valence-corrected chi connectivity index (χ0v) is 21.9. The fourth-order valence-corrected chi connectivity index (χ4v) is 5.10. The average Bonchev–Trinajstić information content (AvgIpc) is 3.48. The standard InChI is InChI=1S/C33H30N4O3/c38-28-17-20-37(21-18-28)27-14-12-25(13-15-27)35-24-8-4-22(5-9-24)32(39)23-6-10-26(11-7-23)36-33(40)30-2-1-3-31-29(30)16-19-34-31/h1-16,19,28,34-35,38H,17-18,20-21H2,(H,36,40). The summed E-state index contributed by atoms with van der Waals surface area (Å²) >= 11 is 0. The Balaban J connectivity index is 1.06. The second kappa shape index (κ2) is 11.1. The molecule has 0 aliphatic carbocycles. The van der Waals surface area contributed by atoms with Gasteiger partial charge in [0, 0.05) is 69.6 Å². The number of aliphatic hydroxyl groups is 1. The summed E-state index contributed by atoms with van der Waals surface area (Å²) < 4.78 is 0. The van der Waals surface area contributed by atoms with Crippen molar-refractivity contribution < 1.29 is 14.7 Å². The van der Waals surface area contributed by atoms with E-state index in [0.29, 0.717) is 22.4 Å². The van der Waals surface area contributed by atoms with E-state index in [2.05, 4.69) is 32.7 Å². The number of carbonyl (C=O) groups excluding carboxylic acids is 2.